The summed E-state index contributed by atoms with van der Waals surface area (Å²) in [4.78, 5) is 0. The fourth-order valence-corrected chi connectivity index (χ4v) is 2.40. The molecule has 2 aromatic rings. The molecule has 2 N–H and O–H groups in total. The monoisotopic (exact) mass is 371 g/mol. The summed E-state index contributed by atoms with van der Waals surface area (Å²) in [6.45, 7) is 2.05. The van der Waals surface area contributed by atoms with Crippen LogP contribution >= 0.6 is 27.5 Å². The van der Waals surface area contributed by atoms with Crippen molar-refractivity contribution in [3.05, 3.63) is 57.3 Å². The minimum absolute atomic E-state index is 0.0364. The van der Waals surface area contributed by atoms with Crippen LogP contribution in [-0.2, 0) is 6.42 Å². The number of halogens is 3. The Kier molecular flexibility index (Phi) is 5.62. The number of ether oxygens (including phenoxy) is 1. The van der Waals surface area contributed by atoms with Gasteiger partial charge >= 0.3 is 0 Å². The van der Waals surface area contributed by atoms with Crippen molar-refractivity contribution in [3.8, 4) is 11.5 Å². The Morgan fingerprint density at radius 2 is 2.05 bits per heavy atom. The minimum atomic E-state index is -0.466. The van der Waals surface area contributed by atoms with Crippen LogP contribution in [0.5, 0.6) is 11.5 Å². The van der Waals surface area contributed by atoms with Gasteiger partial charge in [-0.05, 0) is 42.7 Å². The van der Waals surface area contributed by atoms with E-state index in [1.54, 1.807) is 6.07 Å². The van der Waals surface area contributed by atoms with Gasteiger partial charge in [-0.1, -0.05) is 40.5 Å². The SMILES string of the molecule is CCC(N)Cc1ccc(Br)cc1Oc1ccc(F)c(Cl)c1. The normalized spacial score (nSPS) is 12.2. The van der Waals surface area contributed by atoms with E-state index in [9.17, 15) is 4.39 Å². The second-order valence-electron chi connectivity index (χ2n) is 4.80. The number of benzene rings is 2. The zero-order valence-electron chi connectivity index (χ0n) is 11.6. The third kappa shape index (κ3) is 4.43. The largest absolute Gasteiger partial charge is 0.457 e. The summed E-state index contributed by atoms with van der Waals surface area (Å²) in [6.07, 6.45) is 1.60. The summed E-state index contributed by atoms with van der Waals surface area (Å²) >= 11 is 9.20. The molecule has 1 atom stereocenters. The molecule has 0 aromatic heterocycles. The summed E-state index contributed by atoms with van der Waals surface area (Å²) in [5.41, 5.74) is 7.02. The van der Waals surface area contributed by atoms with Crippen LogP contribution in [0, 0.1) is 5.82 Å². The summed E-state index contributed by atoms with van der Waals surface area (Å²) < 4.78 is 19.9. The first-order valence-electron chi connectivity index (χ1n) is 6.66. The highest BCUT2D eigenvalue weighted by molar-refractivity contribution is 9.10. The molecule has 0 aliphatic carbocycles. The van der Waals surface area contributed by atoms with Gasteiger partial charge in [-0.3, -0.25) is 0 Å². The van der Waals surface area contributed by atoms with Crippen LogP contribution in [0.1, 0.15) is 18.9 Å². The lowest BCUT2D eigenvalue weighted by molar-refractivity contribution is 0.470. The number of hydrogen-bond acceptors (Lipinski definition) is 2. The Bertz CT molecular complexity index is 636. The van der Waals surface area contributed by atoms with Crippen LogP contribution in [0.3, 0.4) is 0 Å². The van der Waals surface area contributed by atoms with Crippen molar-refractivity contribution < 1.29 is 9.13 Å². The van der Waals surface area contributed by atoms with Gasteiger partial charge in [0.25, 0.3) is 0 Å². The zero-order chi connectivity index (χ0) is 15.4. The molecule has 112 valence electrons. The molecule has 0 saturated heterocycles. The number of rotatable bonds is 5. The Balaban J connectivity index is 2.28. The van der Waals surface area contributed by atoms with E-state index >= 15 is 0 Å². The van der Waals surface area contributed by atoms with Gasteiger partial charge in [-0.2, -0.15) is 0 Å². The topological polar surface area (TPSA) is 35.2 Å². The minimum Gasteiger partial charge on any atom is -0.457 e. The Hall–Kier alpha value is -1.10. The first-order chi connectivity index (χ1) is 9.99. The molecule has 0 bridgehead atoms. The molecular formula is C16H16BrClFNO. The number of hydrogen-bond donors (Lipinski definition) is 1. The molecule has 0 amide bonds. The van der Waals surface area contributed by atoms with E-state index in [-0.39, 0.29) is 11.1 Å². The van der Waals surface area contributed by atoms with Gasteiger partial charge in [-0.25, -0.2) is 4.39 Å². The average Bonchev–Trinajstić information content (AvgIpc) is 2.45. The first-order valence-corrected chi connectivity index (χ1v) is 7.83. The van der Waals surface area contributed by atoms with E-state index in [1.165, 1.54) is 12.1 Å². The van der Waals surface area contributed by atoms with Gasteiger partial charge in [-0.15, -0.1) is 0 Å². The van der Waals surface area contributed by atoms with E-state index in [4.69, 9.17) is 22.1 Å². The van der Waals surface area contributed by atoms with Crippen molar-refractivity contribution in [2.45, 2.75) is 25.8 Å². The second-order valence-corrected chi connectivity index (χ2v) is 6.13. The van der Waals surface area contributed by atoms with Crippen molar-refractivity contribution >= 4 is 27.5 Å². The predicted molar refractivity (Wildman–Crippen MR) is 87.6 cm³/mol. The van der Waals surface area contributed by atoms with Crippen LogP contribution in [0.25, 0.3) is 0 Å². The average molecular weight is 373 g/mol. The van der Waals surface area contributed by atoms with Gasteiger partial charge in [0.2, 0.25) is 0 Å². The standard InChI is InChI=1S/C16H16BrClFNO/c1-2-12(20)7-10-3-4-11(17)8-16(10)21-13-5-6-15(19)14(18)9-13/h3-6,8-9,12H,2,7,20H2,1H3. The summed E-state index contributed by atoms with van der Waals surface area (Å²) in [7, 11) is 0. The van der Waals surface area contributed by atoms with Crippen LogP contribution < -0.4 is 10.5 Å². The van der Waals surface area contributed by atoms with Crippen molar-refractivity contribution in [3.63, 3.8) is 0 Å². The van der Waals surface area contributed by atoms with E-state index < -0.39 is 5.82 Å². The van der Waals surface area contributed by atoms with Crippen molar-refractivity contribution in [2.75, 3.05) is 0 Å². The predicted octanol–water partition coefficient (Wildman–Crippen LogP) is 5.31. The molecule has 21 heavy (non-hydrogen) atoms. The highest BCUT2D eigenvalue weighted by atomic mass is 79.9. The van der Waals surface area contributed by atoms with Crippen molar-refractivity contribution in [1.82, 2.24) is 0 Å². The quantitative estimate of drug-likeness (QED) is 0.771. The van der Waals surface area contributed by atoms with Crippen molar-refractivity contribution in [1.29, 1.82) is 0 Å². The van der Waals surface area contributed by atoms with Gasteiger partial charge in [0.05, 0.1) is 5.02 Å². The summed E-state index contributed by atoms with van der Waals surface area (Å²) in [5, 5.41) is 0.0364. The molecular weight excluding hydrogens is 357 g/mol. The van der Waals surface area contributed by atoms with Crippen LogP contribution in [0.4, 0.5) is 4.39 Å². The molecule has 0 aliphatic heterocycles. The second kappa shape index (κ2) is 7.25. The lowest BCUT2D eigenvalue weighted by atomic mass is 10.0. The Morgan fingerprint density at radius 3 is 2.71 bits per heavy atom. The lowest BCUT2D eigenvalue weighted by Crippen LogP contribution is -2.21. The molecule has 0 spiro atoms. The highest BCUT2D eigenvalue weighted by Crippen LogP contribution is 2.31. The molecule has 2 rings (SSSR count). The molecule has 0 aliphatic rings. The third-order valence-corrected chi connectivity index (χ3v) is 3.94. The van der Waals surface area contributed by atoms with Crippen LogP contribution in [0.2, 0.25) is 5.02 Å². The zero-order valence-corrected chi connectivity index (χ0v) is 13.9. The highest BCUT2D eigenvalue weighted by Gasteiger charge is 2.10. The molecule has 0 radical (unpaired) electrons. The van der Waals surface area contributed by atoms with Gasteiger partial charge in [0.1, 0.15) is 17.3 Å². The summed E-state index contributed by atoms with van der Waals surface area (Å²) in [5.74, 6) is 0.716. The van der Waals surface area contributed by atoms with Crippen LogP contribution in [-0.4, -0.2) is 6.04 Å². The molecule has 0 heterocycles. The van der Waals surface area contributed by atoms with Gasteiger partial charge in [0, 0.05) is 16.6 Å². The smallest absolute Gasteiger partial charge is 0.142 e. The third-order valence-electron chi connectivity index (χ3n) is 3.15. The molecule has 2 nitrogen and oxygen atoms in total. The Labute approximate surface area is 137 Å². The van der Waals surface area contributed by atoms with E-state index in [1.807, 2.05) is 25.1 Å². The van der Waals surface area contributed by atoms with E-state index in [0.717, 1.165) is 16.5 Å². The molecule has 1 unspecified atom stereocenters. The maximum absolute atomic E-state index is 13.2. The molecule has 0 saturated carbocycles. The van der Waals surface area contributed by atoms with Gasteiger partial charge in [0.15, 0.2) is 0 Å². The molecule has 0 fully saturated rings. The fraction of sp³-hybridized carbons (Fsp3) is 0.250. The first kappa shape index (κ1) is 16.3. The van der Waals surface area contributed by atoms with Crippen molar-refractivity contribution in [2.24, 2.45) is 5.73 Å². The number of nitrogens with two attached hydrogens (primary N) is 1. The maximum atomic E-state index is 13.2. The van der Waals surface area contributed by atoms with Gasteiger partial charge < -0.3 is 10.5 Å². The van der Waals surface area contributed by atoms with E-state index in [0.29, 0.717) is 17.9 Å². The Morgan fingerprint density at radius 1 is 1.29 bits per heavy atom. The lowest BCUT2D eigenvalue weighted by Gasteiger charge is -2.15. The fourth-order valence-electron chi connectivity index (χ4n) is 1.89. The van der Waals surface area contributed by atoms with E-state index in [2.05, 4.69) is 15.9 Å². The maximum Gasteiger partial charge on any atom is 0.142 e. The summed E-state index contributed by atoms with van der Waals surface area (Å²) in [6, 6.07) is 10.2. The molecule has 5 heteroatoms. The van der Waals surface area contributed by atoms with Crippen LogP contribution in [0.15, 0.2) is 40.9 Å². The molecule has 2 aromatic carbocycles.